The van der Waals surface area contributed by atoms with E-state index in [0.717, 1.165) is 5.56 Å². The smallest absolute Gasteiger partial charge is 0.407 e. The van der Waals surface area contributed by atoms with Gasteiger partial charge in [0.05, 0.1) is 23.7 Å². The molecule has 1 aromatic rings. The first-order valence-electron chi connectivity index (χ1n) is 6.54. The summed E-state index contributed by atoms with van der Waals surface area (Å²) in [4.78, 5) is 11.7. The van der Waals surface area contributed by atoms with Crippen LogP contribution in [0.2, 0.25) is 0 Å². The molecule has 118 valence electrons. The SMILES string of the molecule is CC(C)(CS(=O)(=O)CCO)NC(=O)OCc1ccccc1. The number of ether oxygens (including phenoxy) is 1. The van der Waals surface area contributed by atoms with Gasteiger partial charge in [0.25, 0.3) is 0 Å². The second kappa shape index (κ2) is 7.42. The van der Waals surface area contributed by atoms with E-state index in [-0.39, 0.29) is 18.1 Å². The first kappa shape index (κ1) is 17.5. The number of sulfone groups is 1. The second-order valence-corrected chi connectivity index (χ2v) is 7.57. The number of aliphatic hydroxyl groups is 1. The van der Waals surface area contributed by atoms with E-state index in [4.69, 9.17) is 9.84 Å². The minimum absolute atomic E-state index is 0.117. The minimum Gasteiger partial charge on any atom is -0.445 e. The fourth-order valence-corrected chi connectivity index (χ4v) is 3.43. The first-order valence-corrected chi connectivity index (χ1v) is 8.36. The van der Waals surface area contributed by atoms with Gasteiger partial charge in [-0.3, -0.25) is 0 Å². The molecular weight excluding hydrogens is 294 g/mol. The van der Waals surface area contributed by atoms with Crippen molar-refractivity contribution in [1.82, 2.24) is 5.32 Å². The number of carbonyl (C=O) groups is 1. The second-order valence-electron chi connectivity index (χ2n) is 5.39. The molecule has 0 radical (unpaired) electrons. The van der Waals surface area contributed by atoms with Crippen LogP contribution in [0.1, 0.15) is 19.4 Å². The van der Waals surface area contributed by atoms with Crippen LogP contribution in [0.5, 0.6) is 0 Å². The predicted octanol–water partition coefficient (Wildman–Crippen LogP) is 1.10. The Kier molecular flexibility index (Phi) is 6.17. The Labute approximate surface area is 125 Å². The Hall–Kier alpha value is -1.60. The normalized spacial score (nSPS) is 12.0. The number of rotatable bonds is 7. The molecule has 0 heterocycles. The average molecular weight is 315 g/mol. The van der Waals surface area contributed by atoms with Crippen LogP contribution in [-0.2, 0) is 21.2 Å². The quantitative estimate of drug-likeness (QED) is 0.786. The van der Waals surface area contributed by atoms with Crippen molar-refractivity contribution >= 4 is 15.9 Å². The van der Waals surface area contributed by atoms with E-state index in [2.05, 4.69) is 5.32 Å². The lowest BCUT2D eigenvalue weighted by Crippen LogP contribution is -2.49. The Balaban J connectivity index is 2.49. The molecule has 0 aliphatic heterocycles. The molecule has 0 aliphatic rings. The van der Waals surface area contributed by atoms with Crippen LogP contribution < -0.4 is 5.32 Å². The van der Waals surface area contributed by atoms with Gasteiger partial charge in [-0.15, -0.1) is 0 Å². The number of amides is 1. The number of aliphatic hydroxyl groups excluding tert-OH is 1. The number of carbonyl (C=O) groups excluding carboxylic acids is 1. The molecule has 0 aliphatic carbocycles. The van der Waals surface area contributed by atoms with Gasteiger partial charge in [-0.1, -0.05) is 30.3 Å². The van der Waals surface area contributed by atoms with E-state index in [9.17, 15) is 13.2 Å². The number of nitrogens with one attached hydrogen (secondary N) is 1. The molecule has 1 amide bonds. The summed E-state index contributed by atoms with van der Waals surface area (Å²) >= 11 is 0. The van der Waals surface area contributed by atoms with Crippen LogP contribution in [0, 0.1) is 0 Å². The third-order valence-corrected chi connectivity index (χ3v) is 4.60. The molecule has 0 saturated carbocycles. The summed E-state index contributed by atoms with van der Waals surface area (Å²) in [6.45, 7) is 2.86. The molecular formula is C14H21NO5S. The summed E-state index contributed by atoms with van der Waals surface area (Å²) in [6, 6.07) is 9.18. The van der Waals surface area contributed by atoms with Crippen LogP contribution in [0.15, 0.2) is 30.3 Å². The van der Waals surface area contributed by atoms with Gasteiger partial charge in [-0.25, -0.2) is 13.2 Å². The monoisotopic (exact) mass is 315 g/mol. The predicted molar refractivity (Wildman–Crippen MR) is 79.6 cm³/mol. The maximum Gasteiger partial charge on any atom is 0.407 e. The highest BCUT2D eigenvalue weighted by Crippen LogP contribution is 2.09. The lowest BCUT2D eigenvalue weighted by molar-refractivity contribution is 0.131. The van der Waals surface area contributed by atoms with Gasteiger partial charge in [-0.05, 0) is 19.4 Å². The average Bonchev–Trinajstić information content (AvgIpc) is 2.35. The molecule has 7 heteroatoms. The molecule has 0 saturated heterocycles. The summed E-state index contributed by atoms with van der Waals surface area (Å²) < 4.78 is 28.4. The summed E-state index contributed by atoms with van der Waals surface area (Å²) in [6.07, 6.45) is -0.678. The van der Waals surface area contributed by atoms with Crippen LogP contribution in [-0.4, -0.2) is 43.3 Å². The number of hydrogen-bond acceptors (Lipinski definition) is 5. The van der Waals surface area contributed by atoms with Gasteiger partial charge in [0, 0.05) is 0 Å². The van der Waals surface area contributed by atoms with Crippen LogP contribution in [0.25, 0.3) is 0 Å². The van der Waals surface area contributed by atoms with E-state index in [0.29, 0.717) is 0 Å². The maximum atomic E-state index is 11.7. The van der Waals surface area contributed by atoms with Gasteiger partial charge in [0.2, 0.25) is 0 Å². The van der Waals surface area contributed by atoms with Crippen molar-refractivity contribution in [2.45, 2.75) is 26.0 Å². The molecule has 0 aromatic heterocycles. The standard InChI is InChI=1S/C14H21NO5S/c1-14(2,11-21(18,19)9-8-16)15-13(17)20-10-12-6-4-3-5-7-12/h3-7,16H,8-11H2,1-2H3,(H,15,17). The summed E-state index contributed by atoms with van der Waals surface area (Å²) in [7, 11) is -3.42. The van der Waals surface area contributed by atoms with Crippen molar-refractivity contribution in [3.63, 3.8) is 0 Å². The largest absolute Gasteiger partial charge is 0.445 e. The fourth-order valence-electron chi connectivity index (χ4n) is 1.83. The van der Waals surface area contributed by atoms with Crippen molar-refractivity contribution in [3.8, 4) is 0 Å². The van der Waals surface area contributed by atoms with E-state index in [1.807, 2.05) is 30.3 Å². The highest BCUT2D eigenvalue weighted by Gasteiger charge is 2.28. The third kappa shape index (κ3) is 7.10. The van der Waals surface area contributed by atoms with Gasteiger partial charge in [-0.2, -0.15) is 0 Å². The van der Waals surface area contributed by atoms with Crippen LogP contribution in [0.3, 0.4) is 0 Å². The zero-order chi connectivity index (χ0) is 15.9. The number of benzene rings is 1. The molecule has 0 fully saturated rings. The van der Waals surface area contributed by atoms with Crippen molar-refractivity contribution in [1.29, 1.82) is 0 Å². The topological polar surface area (TPSA) is 92.7 Å². The molecule has 0 atom stereocenters. The van der Waals surface area contributed by atoms with Gasteiger partial charge in [0.15, 0.2) is 9.84 Å². The van der Waals surface area contributed by atoms with E-state index in [1.165, 1.54) is 0 Å². The summed E-state index contributed by atoms with van der Waals surface area (Å²) in [5.41, 5.74) is -0.125. The highest BCUT2D eigenvalue weighted by atomic mass is 32.2. The number of hydrogen-bond donors (Lipinski definition) is 2. The van der Waals surface area contributed by atoms with Crippen molar-refractivity contribution in [2.24, 2.45) is 0 Å². The van der Waals surface area contributed by atoms with Gasteiger partial charge in [0.1, 0.15) is 6.61 Å². The molecule has 6 nitrogen and oxygen atoms in total. The Morgan fingerprint density at radius 3 is 2.48 bits per heavy atom. The minimum atomic E-state index is -3.42. The zero-order valence-electron chi connectivity index (χ0n) is 12.2. The molecule has 0 spiro atoms. The molecule has 21 heavy (non-hydrogen) atoms. The highest BCUT2D eigenvalue weighted by molar-refractivity contribution is 7.91. The summed E-state index contributed by atoms with van der Waals surface area (Å²) in [5.74, 6) is -0.585. The molecule has 0 bridgehead atoms. The zero-order valence-corrected chi connectivity index (χ0v) is 13.0. The maximum absolute atomic E-state index is 11.7. The van der Waals surface area contributed by atoms with Crippen molar-refractivity contribution < 1.29 is 23.1 Å². The van der Waals surface area contributed by atoms with Crippen molar-refractivity contribution in [2.75, 3.05) is 18.1 Å². The molecule has 1 rings (SSSR count). The van der Waals surface area contributed by atoms with E-state index in [1.54, 1.807) is 13.8 Å². The fraction of sp³-hybridized carbons (Fsp3) is 0.500. The first-order chi connectivity index (χ1) is 9.74. The lowest BCUT2D eigenvalue weighted by atomic mass is 10.1. The molecule has 1 aromatic carbocycles. The molecule has 0 unspecified atom stereocenters. The Bertz CT molecular complexity index is 554. The van der Waals surface area contributed by atoms with Crippen LogP contribution >= 0.6 is 0 Å². The number of alkyl carbamates (subject to hydrolysis) is 1. The van der Waals surface area contributed by atoms with Gasteiger partial charge < -0.3 is 15.2 Å². The lowest BCUT2D eigenvalue weighted by Gasteiger charge is -2.25. The van der Waals surface area contributed by atoms with Gasteiger partial charge >= 0.3 is 6.09 Å². The Morgan fingerprint density at radius 2 is 1.90 bits per heavy atom. The van der Waals surface area contributed by atoms with Crippen molar-refractivity contribution in [3.05, 3.63) is 35.9 Å². The van der Waals surface area contributed by atoms with E-state index < -0.39 is 28.1 Å². The molecule has 2 N–H and O–H groups in total. The van der Waals surface area contributed by atoms with Crippen LogP contribution in [0.4, 0.5) is 4.79 Å². The third-order valence-electron chi connectivity index (χ3n) is 2.64. The Morgan fingerprint density at radius 1 is 1.29 bits per heavy atom. The summed E-state index contributed by atoms with van der Waals surface area (Å²) in [5, 5.41) is 11.2. The van der Waals surface area contributed by atoms with E-state index >= 15 is 0 Å².